The molecule has 2 rings (SSSR count). The lowest BCUT2D eigenvalue weighted by atomic mass is 10.0. The number of carboxylic acids is 1. The van der Waals surface area contributed by atoms with Gasteiger partial charge < -0.3 is 10.0 Å². The first kappa shape index (κ1) is 13.8. The van der Waals surface area contributed by atoms with Crippen LogP contribution >= 0.6 is 0 Å². The Morgan fingerprint density at radius 2 is 2.30 bits per heavy atom. The predicted octanol–water partition coefficient (Wildman–Crippen LogP) is 1.77. The van der Waals surface area contributed by atoms with Gasteiger partial charge in [-0.25, -0.2) is 4.79 Å². The van der Waals surface area contributed by atoms with E-state index in [0.29, 0.717) is 18.7 Å². The molecule has 1 aliphatic rings. The lowest BCUT2D eigenvalue weighted by Gasteiger charge is -2.26. The van der Waals surface area contributed by atoms with E-state index < -0.39 is 16.9 Å². The van der Waals surface area contributed by atoms with Crippen LogP contribution in [0.25, 0.3) is 0 Å². The van der Waals surface area contributed by atoms with Crippen molar-refractivity contribution in [2.75, 3.05) is 11.4 Å². The number of nitro groups is 1. The maximum Gasteiger partial charge on any atom is 0.326 e. The van der Waals surface area contributed by atoms with Crippen molar-refractivity contribution < 1.29 is 14.8 Å². The van der Waals surface area contributed by atoms with Gasteiger partial charge in [-0.2, -0.15) is 5.26 Å². The van der Waals surface area contributed by atoms with E-state index in [2.05, 4.69) is 0 Å². The summed E-state index contributed by atoms with van der Waals surface area (Å²) in [5.41, 5.74) is 0.388. The van der Waals surface area contributed by atoms with Crippen molar-refractivity contribution in [1.29, 1.82) is 5.26 Å². The number of carboxylic acid groups (broad SMARTS) is 1. The Hall–Kier alpha value is -2.62. The number of hydrogen-bond donors (Lipinski definition) is 1. The van der Waals surface area contributed by atoms with Gasteiger partial charge in [-0.3, -0.25) is 10.1 Å². The molecule has 1 aromatic rings. The number of anilines is 1. The van der Waals surface area contributed by atoms with E-state index in [9.17, 15) is 20.0 Å². The van der Waals surface area contributed by atoms with Gasteiger partial charge in [-0.1, -0.05) is 6.92 Å². The number of nitrogens with zero attached hydrogens (tertiary/aromatic N) is 3. The molecule has 2 unspecified atom stereocenters. The van der Waals surface area contributed by atoms with Crippen molar-refractivity contribution in [2.24, 2.45) is 5.92 Å². The molecule has 7 nitrogen and oxygen atoms in total. The summed E-state index contributed by atoms with van der Waals surface area (Å²) < 4.78 is 0. The van der Waals surface area contributed by atoms with E-state index in [1.165, 1.54) is 18.2 Å². The summed E-state index contributed by atoms with van der Waals surface area (Å²) in [7, 11) is 0. The molecule has 0 saturated carbocycles. The highest BCUT2D eigenvalue weighted by Gasteiger charge is 2.37. The molecule has 0 bridgehead atoms. The Kier molecular flexibility index (Phi) is 3.57. The highest BCUT2D eigenvalue weighted by atomic mass is 16.6. The van der Waals surface area contributed by atoms with E-state index in [0.717, 1.165) is 0 Å². The number of carbonyl (C=O) groups is 1. The topological polar surface area (TPSA) is 107 Å². The minimum Gasteiger partial charge on any atom is -0.480 e. The Morgan fingerprint density at radius 1 is 1.60 bits per heavy atom. The summed E-state index contributed by atoms with van der Waals surface area (Å²) in [6.07, 6.45) is 0.707. The minimum absolute atomic E-state index is 0.0331. The molecule has 1 aromatic carbocycles. The number of hydrogen-bond acceptors (Lipinski definition) is 5. The molecule has 1 heterocycles. The zero-order valence-corrected chi connectivity index (χ0v) is 10.8. The van der Waals surface area contributed by atoms with Crippen LogP contribution in [0.1, 0.15) is 18.9 Å². The molecule has 1 aliphatic heterocycles. The third-order valence-electron chi connectivity index (χ3n) is 3.57. The Bertz CT molecular complexity index is 608. The summed E-state index contributed by atoms with van der Waals surface area (Å²) in [6, 6.07) is 5.11. The van der Waals surface area contributed by atoms with Crippen LogP contribution < -0.4 is 4.90 Å². The highest BCUT2D eigenvalue weighted by molar-refractivity contribution is 5.81. The molecule has 2 atom stereocenters. The Morgan fingerprint density at radius 3 is 2.85 bits per heavy atom. The summed E-state index contributed by atoms with van der Waals surface area (Å²) in [5, 5.41) is 29.1. The van der Waals surface area contributed by atoms with Crippen LogP contribution in [0.15, 0.2) is 18.2 Å². The van der Waals surface area contributed by atoms with E-state index in [4.69, 9.17) is 5.26 Å². The molecule has 1 N–H and O–H groups in total. The zero-order chi connectivity index (χ0) is 14.9. The number of benzene rings is 1. The fourth-order valence-electron chi connectivity index (χ4n) is 2.57. The van der Waals surface area contributed by atoms with Gasteiger partial charge in [0.25, 0.3) is 5.69 Å². The number of non-ortho nitro benzene ring substituents is 1. The van der Waals surface area contributed by atoms with Crippen LogP contribution in [0.2, 0.25) is 0 Å². The van der Waals surface area contributed by atoms with E-state index >= 15 is 0 Å². The third-order valence-corrected chi connectivity index (χ3v) is 3.57. The van der Waals surface area contributed by atoms with Crippen LogP contribution in [-0.4, -0.2) is 28.6 Å². The largest absolute Gasteiger partial charge is 0.480 e. The van der Waals surface area contributed by atoms with Crippen LogP contribution in [-0.2, 0) is 4.79 Å². The lowest BCUT2D eigenvalue weighted by Crippen LogP contribution is -2.39. The smallest absolute Gasteiger partial charge is 0.326 e. The van der Waals surface area contributed by atoms with Gasteiger partial charge in [-0.05, 0) is 18.4 Å². The molecular formula is C13H13N3O4. The van der Waals surface area contributed by atoms with Gasteiger partial charge in [-0.15, -0.1) is 0 Å². The maximum atomic E-state index is 11.3. The predicted molar refractivity (Wildman–Crippen MR) is 70.4 cm³/mol. The Labute approximate surface area is 115 Å². The van der Waals surface area contributed by atoms with Crippen molar-refractivity contribution in [3.05, 3.63) is 33.9 Å². The molecule has 104 valence electrons. The van der Waals surface area contributed by atoms with Gasteiger partial charge in [0.15, 0.2) is 0 Å². The van der Waals surface area contributed by atoms with Gasteiger partial charge >= 0.3 is 5.97 Å². The first-order chi connectivity index (χ1) is 9.45. The van der Waals surface area contributed by atoms with E-state index in [1.807, 2.05) is 13.0 Å². The summed E-state index contributed by atoms with van der Waals surface area (Å²) in [6.45, 7) is 2.36. The first-order valence-corrected chi connectivity index (χ1v) is 6.13. The molecular weight excluding hydrogens is 262 g/mol. The average molecular weight is 275 g/mol. The standard InChI is InChI=1S/C13H13N3O4/c1-8-4-5-15(12(8)13(17)18)11-3-2-10(16(19)20)6-9(11)7-14/h2-3,6,8,12H,4-5H2,1H3,(H,17,18). The monoisotopic (exact) mass is 275 g/mol. The average Bonchev–Trinajstić information content (AvgIpc) is 2.79. The van der Waals surface area contributed by atoms with Crippen molar-refractivity contribution >= 4 is 17.3 Å². The fourth-order valence-corrected chi connectivity index (χ4v) is 2.57. The molecule has 0 amide bonds. The molecule has 0 aliphatic carbocycles. The quantitative estimate of drug-likeness (QED) is 0.665. The van der Waals surface area contributed by atoms with Gasteiger partial charge in [0, 0.05) is 18.7 Å². The zero-order valence-electron chi connectivity index (χ0n) is 10.8. The normalized spacial score (nSPS) is 21.5. The van der Waals surface area contributed by atoms with E-state index in [-0.39, 0.29) is 17.2 Å². The highest BCUT2D eigenvalue weighted by Crippen LogP contribution is 2.33. The summed E-state index contributed by atoms with van der Waals surface area (Å²) in [5.74, 6) is -0.980. The second-order valence-corrected chi connectivity index (χ2v) is 4.81. The van der Waals surface area contributed by atoms with Crippen molar-refractivity contribution in [3.8, 4) is 6.07 Å². The SMILES string of the molecule is CC1CCN(c2ccc([N+](=O)[O-])cc2C#N)C1C(=O)O. The molecule has 7 heteroatoms. The van der Waals surface area contributed by atoms with Crippen LogP contribution in [0, 0.1) is 27.4 Å². The Balaban J connectivity index is 2.45. The number of nitro benzene ring substituents is 1. The number of rotatable bonds is 3. The summed E-state index contributed by atoms with van der Waals surface area (Å²) >= 11 is 0. The third kappa shape index (κ3) is 2.28. The van der Waals surface area contributed by atoms with Crippen molar-refractivity contribution in [2.45, 2.75) is 19.4 Å². The first-order valence-electron chi connectivity index (χ1n) is 6.13. The number of nitriles is 1. The molecule has 20 heavy (non-hydrogen) atoms. The molecule has 0 spiro atoms. The molecule has 0 aromatic heterocycles. The minimum atomic E-state index is -0.947. The van der Waals surface area contributed by atoms with Gasteiger partial charge in [0.05, 0.1) is 16.2 Å². The van der Waals surface area contributed by atoms with E-state index in [1.54, 1.807) is 4.90 Å². The van der Waals surface area contributed by atoms with Crippen LogP contribution in [0.3, 0.4) is 0 Å². The molecule has 1 fully saturated rings. The maximum absolute atomic E-state index is 11.3. The fraction of sp³-hybridized carbons (Fsp3) is 0.385. The number of aliphatic carboxylic acids is 1. The lowest BCUT2D eigenvalue weighted by molar-refractivity contribution is -0.384. The summed E-state index contributed by atoms with van der Waals surface area (Å²) in [4.78, 5) is 23.1. The van der Waals surface area contributed by atoms with Crippen LogP contribution in [0.5, 0.6) is 0 Å². The van der Waals surface area contributed by atoms with Crippen LogP contribution in [0.4, 0.5) is 11.4 Å². The molecule has 1 saturated heterocycles. The molecule has 0 radical (unpaired) electrons. The van der Waals surface area contributed by atoms with Crippen molar-refractivity contribution in [3.63, 3.8) is 0 Å². The second-order valence-electron chi connectivity index (χ2n) is 4.81. The van der Waals surface area contributed by atoms with Gasteiger partial charge in [0.1, 0.15) is 12.1 Å². The van der Waals surface area contributed by atoms with Gasteiger partial charge in [0.2, 0.25) is 0 Å². The van der Waals surface area contributed by atoms with Crippen molar-refractivity contribution in [1.82, 2.24) is 0 Å². The second kappa shape index (κ2) is 5.17.